The van der Waals surface area contributed by atoms with E-state index in [0.717, 1.165) is 6.42 Å². The summed E-state index contributed by atoms with van der Waals surface area (Å²) in [7, 11) is 0. The normalized spacial score (nSPS) is 10.1. The van der Waals surface area contributed by atoms with E-state index in [9.17, 15) is 0 Å². The maximum Gasteiger partial charge on any atom is -0.0181 e. The van der Waals surface area contributed by atoms with Crippen LogP contribution in [0, 0.1) is 0 Å². The highest BCUT2D eigenvalue weighted by molar-refractivity contribution is 5.67. The van der Waals surface area contributed by atoms with E-state index in [1.54, 1.807) is 0 Å². The van der Waals surface area contributed by atoms with Gasteiger partial charge in [0.15, 0.2) is 0 Å². The molecule has 0 aliphatic rings. The van der Waals surface area contributed by atoms with Crippen LogP contribution in [0.1, 0.15) is 38.8 Å². The molecule has 0 atom stereocenters. The second kappa shape index (κ2) is 8.31. The molecule has 0 fully saturated rings. The molecule has 0 N–H and O–H groups in total. The number of aryl methyl sites for hydroxylation is 1. The minimum atomic E-state index is 1.07. The number of allylic oxidation sites excluding steroid dienone is 1. The topological polar surface area (TPSA) is 0 Å². The average Bonchev–Trinajstić information content (AvgIpc) is 2.51. The van der Waals surface area contributed by atoms with Crippen LogP contribution in [0.4, 0.5) is 0 Å². The first kappa shape index (κ1) is 15.2. The van der Waals surface area contributed by atoms with Crippen molar-refractivity contribution in [3.05, 3.63) is 65.7 Å². The van der Waals surface area contributed by atoms with Crippen molar-refractivity contribution in [3.8, 4) is 11.1 Å². The van der Waals surface area contributed by atoms with Gasteiger partial charge in [0.05, 0.1) is 0 Å². The lowest BCUT2D eigenvalue weighted by Gasteiger charge is -2.07. The number of benzene rings is 2. The lowest BCUT2D eigenvalue weighted by Crippen LogP contribution is -1.88. The van der Waals surface area contributed by atoms with Gasteiger partial charge in [0.25, 0.3) is 0 Å². The summed E-state index contributed by atoms with van der Waals surface area (Å²) in [6, 6.07) is 17.2. The third kappa shape index (κ3) is 4.10. The molecule has 0 heteroatoms. The average molecular weight is 252 g/mol. The summed E-state index contributed by atoms with van der Waals surface area (Å²) in [6.07, 6.45) is 5.34. The van der Waals surface area contributed by atoms with Gasteiger partial charge in [-0.15, -0.1) is 0 Å². The molecule has 0 saturated heterocycles. The van der Waals surface area contributed by atoms with Gasteiger partial charge >= 0.3 is 0 Å². The molecule has 0 aromatic heterocycles. The van der Waals surface area contributed by atoms with Gasteiger partial charge in [0, 0.05) is 0 Å². The first-order valence-electron chi connectivity index (χ1n) is 7.16. The minimum Gasteiger partial charge on any atom is -0.0871 e. The van der Waals surface area contributed by atoms with Crippen LogP contribution < -0.4 is 0 Å². The number of hydrogen-bond donors (Lipinski definition) is 0. The van der Waals surface area contributed by atoms with Crippen molar-refractivity contribution in [1.82, 2.24) is 0 Å². The van der Waals surface area contributed by atoms with E-state index >= 15 is 0 Å². The highest BCUT2D eigenvalue weighted by Crippen LogP contribution is 2.23. The number of rotatable bonds is 3. The highest BCUT2D eigenvalue weighted by Gasteiger charge is 2.01. The Morgan fingerprint density at radius 3 is 2.16 bits per heavy atom. The Morgan fingerprint density at radius 1 is 0.895 bits per heavy atom. The molecule has 0 bridgehead atoms. The fourth-order valence-corrected chi connectivity index (χ4v) is 2.06. The fraction of sp³-hybridized carbons (Fsp3) is 0.263. The van der Waals surface area contributed by atoms with E-state index in [2.05, 4.69) is 74.5 Å². The van der Waals surface area contributed by atoms with E-state index in [0.29, 0.717) is 0 Å². The van der Waals surface area contributed by atoms with Crippen LogP contribution in [0.5, 0.6) is 0 Å². The maximum absolute atomic E-state index is 2.30. The van der Waals surface area contributed by atoms with Crippen LogP contribution in [0.2, 0.25) is 0 Å². The van der Waals surface area contributed by atoms with Gasteiger partial charge in [-0.05, 0) is 35.6 Å². The molecular formula is C19H24. The van der Waals surface area contributed by atoms with E-state index in [1.165, 1.54) is 22.3 Å². The molecule has 19 heavy (non-hydrogen) atoms. The van der Waals surface area contributed by atoms with Crippen molar-refractivity contribution < 1.29 is 0 Å². The predicted octanol–water partition coefficient (Wildman–Crippen LogP) is 5.98. The van der Waals surface area contributed by atoms with Gasteiger partial charge < -0.3 is 0 Å². The van der Waals surface area contributed by atoms with E-state index in [-0.39, 0.29) is 0 Å². The Morgan fingerprint density at radius 2 is 1.58 bits per heavy atom. The van der Waals surface area contributed by atoms with Gasteiger partial charge in [-0.3, -0.25) is 0 Å². The minimum absolute atomic E-state index is 1.07. The summed E-state index contributed by atoms with van der Waals surface area (Å²) in [5, 5.41) is 0. The molecule has 0 nitrogen and oxygen atoms in total. The Balaban J connectivity index is 0.000000861. The van der Waals surface area contributed by atoms with Gasteiger partial charge in [-0.1, -0.05) is 81.5 Å². The van der Waals surface area contributed by atoms with Crippen molar-refractivity contribution in [2.75, 3.05) is 0 Å². The standard InChI is InChI=1S/C17H18.C2H6/c1-3-8-15-11-12-17(13-14(15)4-2)16-9-6-5-7-10-16;1-2/h3,5-13H,4H2,1-2H3;1-2H3/b8-3-;. The lowest BCUT2D eigenvalue weighted by atomic mass is 9.97. The molecular weight excluding hydrogens is 228 g/mol. The van der Waals surface area contributed by atoms with Gasteiger partial charge in [-0.2, -0.15) is 0 Å². The molecule has 0 radical (unpaired) electrons. The second-order valence-corrected chi connectivity index (χ2v) is 4.13. The Bertz CT molecular complexity index is 507. The van der Waals surface area contributed by atoms with Crippen LogP contribution in [0.3, 0.4) is 0 Å². The molecule has 100 valence electrons. The van der Waals surface area contributed by atoms with Crippen molar-refractivity contribution in [1.29, 1.82) is 0 Å². The number of hydrogen-bond acceptors (Lipinski definition) is 0. The van der Waals surface area contributed by atoms with E-state index in [4.69, 9.17) is 0 Å². The molecule has 2 aromatic carbocycles. The highest BCUT2D eigenvalue weighted by atomic mass is 14.1. The fourth-order valence-electron chi connectivity index (χ4n) is 2.06. The first-order chi connectivity index (χ1) is 9.35. The van der Waals surface area contributed by atoms with Crippen LogP contribution in [0.15, 0.2) is 54.6 Å². The van der Waals surface area contributed by atoms with Crippen molar-refractivity contribution in [2.24, 2.45) is 0 Å². The molecule has 0 saturated carbocycles. The second-order valence-electron chi connectivity index (χ2n) is 4.13. The molecule has 2 rings (SSSR count). The van der Waals surface area contributed by atoms with E-state index < -0.39 is 0 Å². The summed E-state index contributed by atoms with van der Waals surface area (Å²) in [5.41, 5.74) is 5.32. The van der Waals surface area contributed by atoms with Crippen molar-refractivity contribution in [2.45, 2.75) is 34.1 Å². The van der Waals surface area contributed by atoms with Gasteiger partial charge in [0.1, 0.15) is 0 Å². The largest absolute Gasteiger partial charge is 0.0871 e. The summed E-state index contributed by atoms with van der Waals surface area (Å²) >= 11 is 0. The van der Waals surface area contributed by atoms with Crippen LogP contribution in [0.25, 0.3) is 17.2 Å². The SMILES string of the molecule is C/C=C\c1ccc(-c2ccccc2)cc1CC.CC. The smallest absolute Gasteiger partial charge is 0.0181 e. The van der Waals surface area contributed by atoms with Crippen LogP contribution >= 0.6 is 0 Å². The molecule has 0 unspecified atom stereocenters. The Hall–Kier alpha value is -1.82. The zero-order valence-electron chi connectivity index (χ0n) is 12.5. The summed E-state index contributed by atoms with van der Waals surface area (Å²) < 4.78 is 0. The van der Waals surface area contributed by atoms with Crippen LogP contribution in [-0.2, 0) is 6.42 Å². The lowest BCUT2D eigenvalue weighted by molar-refractivity contribution is 1.13. The quantitative estimate of drug-likeness (QED) is 0.630. The molecule has 0 spiro atoms. The van der Waals surface area contributed by atoms with Crippen LogP contribution in [-0.4, -0.2) is 0 Å². The third-order valence-electron chi connectivity index (χ3n) is 2.98. The summed E-state index contributed by atoms with van der Waals surface area (Å²) in [4.78, 5) is 0. The Kier molecular flexibility index (Phi) is 6.67. The first-order valence-corrected chi connectivity index (χ1v) is 7.16. The molecule has 0 heterocycles. The summed E-state index contributed by atoms with van der Waals surface area (Å²) in [5.74, 6) is 0. The monoisotopic (exact) mass is 252 g/mol. The zero-order chi connectivity index (χ0) is 14.1. The molecule has 0 aliphatic heterocycles. The van der Waals surface area contributed by atoms with Gasteiger partial charge in [-0.25, -0.2) is 0 Å². The van der Waals surface area contributed by atoms with Crippen molar-refractivity contribution in [3.63, 3.8) is 0 Å². The van der Waals surface area contributed by atoms with E-state index in [1.807, 2.05) is 13.8 Å². The third-order valence-corrected chi connectivity index (χ3v) is 2.98. The molecule has 0 aliphatic carbocycles. The zero-order valence-corrected chi connectivity index (χ0v) is 12.5. The summed E-state index contributed by atoms with van der Waals surface area (Å²) in [6.45, 7) is 8.27. The van der Waals surface area contributed by atoms with Crippen molar-refractivity contribution >= 4 is 6.08 Å². The predicted molar refractivity (Wildman–Crippen MR) is 87.3 cm³/mol. The molecule has 0 amide bonds. The maximum atomic E-state index is 2.30. The Labute approximate surface area is 117 Å². The van der Waals surface area contributed by atoms with Gasteiger partial charge in [0.2, 0.25) is 0 Å². The molecule has 2 aromatic rings.